The fourth-order valence-electron chi connectivity index (χ4n) is 2.45. The van der Waals surface area contributed by atoms with E-state index in [1.165, 1.54) is 17.7 Å². The van der Waals surface area contributed by atoms with Crippen LogP contribution in [0.1, 0.15) is 46.5 Å². The number of carboxylic acid groups (broad SMARTS) is 1. The first kappa shape index (κ1) is 14.8. The zero-order valence-electron chi connectivity index (χ0n) is 11.5. The Labute approximate surface area is 109 Å². The molecule has 1 aliphatic carbocycles. The van der Waals surface area contributed by atoms with Gasteiger partial charge in [-0.3, -0.25) is 0 Å². The smallest absolute Gasteiger partial charge is 0.329 e. The minimum absolute atomic E-state index is 0.281. The van der Waals surface area contributed by atoms with Gasteiger partial charge in [-0.15, -0.1) is 0 Å². The van der Waals surface area contributed by atoms with E-state index < -0.39 is 11.5 Å². The highest BCUT2D eigenvalue weighted by Gasteiger charge is 2.37. The van der Waals surface area contributed by atoms with Gasteiger partial charge in [0, 0.05) is 13.1 Å². The second kappa shape index (κ2) is 6.07. The molecule has 5 heteroatoms. The zero-order valence-corrected chi connectivity index (χ0v) is 11.5. The molecule has 0 aromatic rings. The molecule has 0 bridgehead atoms. The number of likely N-dealkylation sites (N-methyl/N-ethyl adjacent to an activating group) is 1. The SMILES string of the molecule is CCN(C(=O)NCC1CCCC1)C(C)(C)C(=O)O. The maximum absolute atomic E-state index is 12.0. The lowest BCUT2D eigenvalue weighted by molar-refractivity contribution is -0.147. The van der Waals surface area contributed by atoms with Crippen LogP contribution in [-0.2, 0) is 4.79 Å². The molecule has 0 spiro atoms. The normalized spacial score (nSPS) is 16.6. The highest BCUT2D eigenvalue weighted by atomic mass is 16.4. The molecule has 1 saturated carbocycles. The summed E-state index contributed by atoms with van der Waals surface area (Å²) >= 11 is 0. The second-order valence-electron chi connectivity index (χ2n) is 5.44. The number of carbonyl (C=O) groups is 2. The number of carboxylic acids is 1. The van der Waals surface area contributed by atoms with Crippen molar-refractivity contribution in [3.05, 3.63) is 0 Å². The number of nitrogens with zero attached hydrogens (tertiary/aromatic N) is 1. The minimum atomic E-state index is -1.17. The number of urea groups is 1. The summed E-state index contributed by atoms with van der Waals surface area (Å²) < 4.78 is 0. The molecule has 1 rings (SSSR count). The molecule has 18 heavy (non-hydrogen) atoms. The number of amides is 2. The number of carbonyl (C=O) groups excluding carboxylic acids is 1. The molecule has 0 radical (unpaired) electrons. The van der Waals surface area contributed by atoms with E-state index in [1.807, 2.05) is 0 Å². The van der Waals surface area contributed by atoms with Crippen LogP contribution in [0.15, 0.2) is 0 Å². The van der Waals surface area contributed by atoms with Crippen molar-refractivity contribution in [3.63, 3.8) is 0 Å². The van der Waals surface area contributed by atoms with Gasteiger partial charge in [-0.2, -0.15) is 0 Å². The van der Waals surface area contributed by atoms with Gasteiger partial charge in [-0.1, -0.05) is 12.8 Å². The summed E-state index contributed by atoms with van der Waals surface area (Å²) in [6.07, 6.45) is 4.79. The van der Waals surface area contributed by atoms with Gasteiger partial charge in [0.25, 0.3) is 0 Å². The van der Waals surface area contributed by atoms with Crippen LogP contribution >= 0.6 is 0 Å². The summed E-state index contributed by atoms with van der Waals surface area (Å²) in [7, 11) is 0. The van der Waals surface area contributed by atoms with E-state index in [1.54, 1.807) is 20.8 Å². The van der Waals surface area contributed by atoms with Gasteiger partial charge in [0.05, 0.1) is 0 Å². The van der Waals surface area contributed by atoms with Crippen molar-refractivity contribution in [2.24, 2.45) is 5.92 Å². The molecule has 0 aromatic carbocycles. The Hall–Kier alpha value is -1.26. The second-order valence-corrected chi connectivity index (χ2v) is 5.44. The number of rotatable bonds is 5. The van der Waals surface area contributed by atoms with Crippen molar-refractivity contribution in [2.75, 3.05) is 13.1 Å². The Bertz CT molecular complexity index is 309. The number of hydrogen-bond donors (Lipinski definition) is 2. The van der Waals surface area contributed by atoms with Gasteiger partial charge in [-0.05, 0) is 39.5 Å². The lowest BCUT2D eigenvalue weighted by atomic mass is 10.0. The summed E-state index contributed by atoms with van der Waals surface area (Å²) in [5.74, 6) is -0.430. The number of aliphatic carboxylic acids is 1. The third-order valence-corrected chi connectivity index (χ3v) is 3.78. The summed E-state index contributed by atoms with van der Waals surface area (Å²) in [6.45, 7) is 5.93. The molecule has 0 unspecified atom stereocenters. The average Bonchev–Trinajstić information content (AvgIpc) is 2.79. The van der Waals surface area contributed by atoms with Gasteiger partial charge in [0.1, 0.15) is 5.54 Å². The first-order valence-electron chi connectivity index (χ1n) is 6.68. The molecule has 0 aliphatic heterocycles. The molecule has 5 nitrogen and oxygen atoms in total. The molecule has 0 aromatic heterocycles. The van der Waals surface area contributed by atoms with Crippen molar-refractivity contribution >= 4 is 12.0 Å². The maximum atomic E-state index is 12.0. The van der Waals surface area contributed by atoms with Gasteiger partial charge in [0.2, 0.25) is 0 Å². The van der Waals surface area contributed by atoms with Crippen LogP contribution in [0, 0.1) is 5.92 Å². The number of nitrogens with one attached hydrogen (secondary N) is 1. The quantitative estimate of drug-likeness (QED) is 0.791. The van der Waals surface area contributed by atoms with Crippen LogP contribution in [0.4, 0.5) is 4.79 Å². The molecule has 0 atom stereocenters. The van der Waals surface area contributed by atoms with Crippen molar-refractivity contribution in [2.45, 2.75) is 52.0 Å². The van der Waals surface area contributed by atoms with E-state index >= 15 is 0 Å². The van der Waals surface area contributed by atoms with E-state index in [9.17, 15) is 9.59 Å². The highest BCUT2D eigenvalue weighted by Crippen LogP contribution is 2.24. The van der Waals surface area contributed by atoms with Crippen molar-refractivity contribution in [1.82, 2.24) is 10.2 Å². The summed E-state index contributed by atoms with van der Waals surface area (Å²) in [4.78, 5) is 24.6. The van der Waals surface area contributed by atoms with Gasteiger partial charge in [0.15, 0.2) is 0 Å². The lowest BCUT2D eigenvalue weighted by Crippen LogP contribution is -2.56. The Morgan fingerprint density at radius 3 is 2.33 bits per heavy atom. The molecule has 2 N–H and O–H groups in total. The van der Waals surface area contributed by atoms with Crippen LogP contribution in [-0.4, -0.2) is 40.6 Å². The Balaban J connectivity index is 2.53. The Morgan fingerprint density at radius 1 is 1.33 bits per heavy atom. The highest BCUT2D eigenvalue weighted by molar-refractivity contribution is 5.85. The third kappa shape index (κ3) is 3.37. The van der Waals surface area contributed by atoms with Crippen molar-refractivity contribution < 1.29 is 14.7 Å². The molecule has 1 fully saturated rings. The largest absolute Gasteiger partial charge is 0.480 e. The topological polar surface area (TPSA) is 69.6 Å². The van der Waals surface area contributed by atoms with E-state index in [0.29, 0.717) is 19.0 Å². The van der Waals surface area contributed by atoms with Gasteiger partial charge in [-0.25, -0.2) is 9.59 Å². The predicted octanol–water partition coefficient (Wildman–Crippen LogP) is 2.07. The van der Waals surface area contributed by atoms with Crippen molar-refractivity contribution in [1.29, 1.82) is 0 Å². The average molecular weight is 256 g/mol. The fourth-order valence-corrected chi connectivity index (χ4v) is 2.45. The first-order chi connectivity index (χ1) is 8.39. The first-order valence-corrected chi connectivity index (χ1v) is 6.68. The molecule has 2 amide bonds. The van der Waals surface area contributed by atoms with Gasteiger partial charge < -0.3 is 15.3 Å². The summed E-state index contributed by atoms with van der Waals surface area (Å²) in [5, 5.41) is 12.0. The van der Waals surface area contributed by atoms with E-state index in [0.717, 1.165) is 12.8 Å². The molecular weight excluding hydrogens is 232 g/mol. The van der Waals surface area contributed by atoms with E-state index in [-0.39, 0.29) is 6.03 Å². The monoisotopic (exact) mass is 256 g/mol. The van der Waals surface area contributed by atoms with Crippen LogP contribution in [0.2, 0.25) is 0 Å². The maximum Gasteiger partial charge on any atom is 0.329 e. The fraction of sp³-hybridized carbons (Fsp3) is 0.846. The zero-order chi connectivity index (χ0) is 13.8. The van der Waals surface area contributed by atoms with E-state index in [4.69, 9.17) is 5.11 Å². The summed E-state index contributed by atoms with van der Waals surface area (Å²) in [6, 6.07) is -0.281. The van der Waals surface area contributed by atoms with Crippen LogP contribution in [0.5, 0.6) is 0 Å². The number of hydrogen-bond acceptors (Lipinski definition) is 2. The molecule has 104 valence electrons. The Morgan fingerprint density at radius 2 is 1.89 bits per heavy atom. The van der Waals surface area contributed by atoms with Crippen LogP contribution < -0.4 is 5.32 Å². The summed E-state index contributed by atoms with van der Waals surface area (Å²) in [5.41, 5.74) is -1.17. The lowest BCUT2D eigenvalue weighted by Gasteiger charge is -2.34. The standard InChI is InChI=1S/C13H24N2O3/c1-4-15(13(2,3)11(16)17)12(18)14-9-10-7-5-6-8-10/h10H,4-9H2,1-3H3,(H,14,18)(H,16,17). The third-order valence-electron chi connectivity index (χ3n) is 3.78. The predicted molar refractivity (Wildman–Crippen MR) is 69.5 cm³/mol. The molecular formula is C13H24N2O3. The van der Waals surface area contributed by atoms with Gasteiger partial charge >= 0.3 is 12.0 Å². The van der Waals surface area contributed by atoms with Crippen LogP contribution in [0.3, 0.4) is 0 Å². The molecule has 0 heterocycles. The Kier molecular flexibility index (Phi) is 4.99. The van der Waals surface area contributed by atoms with E-state index in [2.05, 4.69) is 5.32 Å². The molecule has 0 saturated heterocycles. The minimum Gasteiger partial charge on any atom is -0.480 e. The van der Waals surface area contributed by atoms with Crippen molar-refractivity contribution in [3.8, 4) is 0 Å². The van der Waals surface area contributed by atoms with Crippen LogP contribution in [0.25, 0.3) is 0 Å². The molecule has 1 aliphatic rings.